The molecule has 0 aliphatic carbocycles. The summed E-state index contributed by atoms with van der Waals surface area (Å²) in [5, 5.41) is 8.71. The van der Waals surface area contributed by atoms with Gasteiger partial charge in [0, 0.05) is 17.3 Å². The summed E-state index contributed by atoms with van der Waals surface area (Å²) in [5.74, 6) is 0.845. The zero-order valence-corrected chi connectivity index (χ0v) is 27.4. The fraction of sp³-hybridized carbons (Fsp3) is 0.0213. The molecule has 50 heavy (non-hydrogen) atoms. The third kappa shape index (κ3) is 5.65. The van der Waals surface area contributed by atoms with Crippen LogP contribution in [0.3, 0.4) is 0 Å². The molecule has 0 bridgehead atoms. The van der Waals surface area contributed by atoms with Gasteiger partial charge in [0.25, 0.3) is 0 Å². The largest absolute Gasteiger partial charge is 0.359 e. The van der Waals surface area contributed by atoms with Crippen LogP contribution in [0.1, 0.15) is 22.7 Å². The Hall–Kier alpha value is -6.58. The lowest BCUT2D eigenvalue weighted by Crippen LogP contribution is -2.31. The molecule has 7 aromatic carbocycles. The molecule has 236 valence electrons. The van der Waals surface area contributed by atoms with Crippen LogP contribution in [0.25, 0.3) is 60.8 Å². The molecule has 3 nitrogen and oxygen atoms in total. The maximum atomic E-state index is 5.30. The van der Waals surface area contributed by atoms with E-state index in [4.69, 9.17) is 4.99 Å². The highest BCUT2D eigenvalue weighted by molar-refractivity contribution is 6.14. The van der Waals surface area contributed by atoms with E-state index in [9.17, 15) is 0 Å². The molecule has 0 saturated carbocycles. The first-order valence-corrected chi connectivity index (χ1v) is 17.0. The van der Waals surface area contributed by atoms with E-state index in [0.29, 0.717) is 0 Å². The summed E-state index contributed by atoms with van der Waals surface area (Å²) in [6.45, 7) is 0. The molecule has 1 N–H and O–H groups in total. The van der Waals surface area contributed by atoms with Gasteiger partial charge in [0.15, 0.2) is 0 Å². The standard InChI is InChI=1S/C47H33N3/c1-3-13-33(14-4-1)44-31-45(34-15-5-2-6-16-34)50-47(49-44)40-29-38(32-22-24-35(25-23-32)43-21-11-12-26-48-43)28-39(30-40)46-41-19-9-7-17-36(41)27-37-18-8-10-20-42(37)46/h1-31,44H,(H,49,50). The molecule has 8 aromatic rings. The zero-order chi connectivity index (χ0) is 33.3. The van der Waals surface area contributed by atoms with E-state index in [1.165, 1.54) is 32.7 Å². The normalized spacial score (nSPS) is 14.2. The van der Waals surface area contributed by atoms with Gasteiger partial charge >= 0.3 is 0 Å². The van der Waals surface area contributed by atoms with Crippen molar-refractivity contribution in [3.05, 3.63) is 205 Å². The topological polar surface area (TPSA) is 37.3 Å². The fourth-order valence-corrected chi connectivity index (χ4v) is 7.06. The van der Waals surface area contributed by atoms with Crippen molar-refractivity contribution in [2.45, 2.75) is 6.04 Å². The van der Waals surface area contributed by atoms with E-state index in [2.05, 4.69) is 168 Å². The number of hydrogen-bond donors (Lipinski definition) is 1. The number of fused-ring (bicyclic) bond motifs is 2. The van der Waals surface area contributed by atoms with Crippen molar-refractivity contribution in [3.8, 4) is 33.5 Å². The van der Waals surface area contributed by atoms with E-state index in [1.54, 1.807) is 0 Å². The van der Waals surface area contributed by atoms with E-state index in [0.717, 1.165) is 50.6 Å². The maximum absolute atomic E-state index is 5.30. The van der Waals surface area contributed by atoms with Crippen molar-refractivity contribution in [3.63, 3.8) is 0 Å². The van der Waals surface area contributed by atoms with Crippen molar-refractivity contribution in [1.29, 1.82) is 0 Å². The first kappa shape index (κ1) is 29.6. The zero-order valence-electron chi connectivity index (χ0n) is 27.4. The van der Waals surface area contributed by atoms with Crippen LogP contribution in [0.4, 0.5) is 0 Å². The number of benzene rings is 7. The van der Waals surface area contributed by atoms with Gasteiger partial charge in [-0.25, -0.2) is 4.99 Å². The molecule has 0 radical (unpaired) electrons. The van der Waals surface area contributed by atoms with Gasteiger partial charge in [-0.2, -0.15) is 0 Å². The van der Waals surface area contributed by atoms with E-state index in [-0.39, 0.29) is 6.04 Å². The predicted molar refractivity (Wildman–Crippen MR) is 209 cm³/mol. The van der Waals surface area contributed by atoms with Crippen LogP contribution in [0.15, 0.2) is 193 Å². The monoisotopic (exact) mass is 639 g/mol. The Morgan fingerprint density at radius 2 is 1.04 bits per heavy atom. The lowest BCUT2D eigenvalue weighted by Gasteiger charge is -2.25. The van der Waals surface area contributed by atoms with E-state index >= 15 is 0 Å². The summed E-state index contributed by atoms with van der Waals surface area (Å²) < 4.78 is 0. The highest BCUT2D eigenvalue weighted by Crippen LogP contribution is 2.39. The number of amidine groups is 1. The van der Waals surface area contributed by atoms with Crippen LogP contribution in [0, 0.1) is 0 Å². The van der Waals surface area contributed by atoms with Crippen LogP contribution < -0.4 is 5.32 Å². The number of aromatic nitrogens is 1. The summed E-state index contributed by atoms with van der Waals surface area (Å²) in [6, 6.07) is 62.4. The number of aliphatic imine (C=N–C) groups is 1. The summed E-state index contributed by atoms with van der Waals surface area (Å²) in [6.07, 6.45) is 4.07. The van der Waals surface area contributed by atoms with Crippen LogP contribution >= 0.6 is 0 Å². The smallest absolute Gasteiger partial charge is 0.134 e. The number of hydrogen-bond acceptors (Lipinski definition) is 3. The molecular weight excluding hydrogens is 607 g/mol. The van der Waals surface area contributed by atoms with Crippen LogP contribution in [0.2, 0.25) is 0 Å². The Kier molecular flexibility index (Phi) is 7.56. The second-order valence-electron chi connectivity index (χ2n) is 12.7. The number of pyridine rings is 1. The quantitative estimate of drug-likeness (QED) is 0.184. The fourth-order valence-electron chi connectivity index (χ4n) is 7.06. The second kappa shape index (κ2) is 12.8. The minimum Gasteiger partial charge on any atom is -0.359 e. The van der Waals surface area contributed by atoms with Crippen molar-refractivity contribution < 1.29 is 0 Å². The van der Waals surface area contributed by atoms with Gasteiger partial charge in [0.1, 0.15) is 5.84 Å². The Balaban J connectivity index is 1.26. The Bertz CT molecular complexity index is 2480. The third-order valence-corrected chi connectivity index (χ3v) is 9.52. The molecular formula is C47H33N3. The summed E-state index contributed by atoms with van der Waals surface area (Å²) in [5.41, 5.74) is 10.9. The molecule has 0 saturated heterocycles. The minimum absolute atomic E-state index is 0.0398. The van der Waals surface area contributed by atoms with Crippen molar-refractivity contribution >= 4 is 33.1 Å². The third-order valence-electron chi connectivity index (χ3n) is 9.52. The first-order valence-electron chi connectivity index (χ1n) is 17.0. The van der Waals surface area contributed by atoms with Gasteiger partial charge in [-0.3, -0.25) is 4.98 Å². The highest BCUT2D eigenvalue weighted by Gasteiger charge is 2.21. The maximum Gasteiger partial charge on any atom is 0.134 e. The molecule has 3 heteroatoms. The minimum atomic E-state index is -0.0398. The molecule has 1 aromatic heterocycles. The SMILES string of the molecule is C1=C(c2ccccc2)N=C(c2cc(-c3ccc(-c4ccccn4)cc3)cc(-c3c4ccccc4cc4ccccc34)c2)NC1c1ccccc1. The number of rotatable bonds is 6. The van der Waals surface area contributed by atoms with Crippen LogP contribution in [-0.4, -0.2) is 10.8 Å². The summed E-state index contributed by atoms with van der Waals surface area (Å²) in [4.78, 5) is 9.88. The highest BCUT2D eigenvalue weighted by atomic mass is 15.0. The average molecular weight is 640 g/mol. The molecule has 0 fully saturated rings. The Morgan fingerprint density at radius 3 is 1.74 bits per heavy atom. The lowest BCUT2D eigenvalue weighted by atomic mass is 9.89. The molecule has 0 amide bonds. The molecule has 1 aliphatic heterocycles. The molecule has 1 atom stereocenters. The first-order chi connectivity index (χ1) is 24.8. The summed E-state index contributed by atoms with van der Waals surface area (Å²) >= 11 is 0. The van der Waals surface area contributed by atoms with Crippen molar-refractivity contribution in [2.75, 3.05) is 0 Å². The van der Waals surface area contributed by atoms with Crippen molar-refractivity contribution in [1.82, 2.24) is 10.3 Å². The number of nitrogens with zero attached hydrogens (tertiary/aromatic N) is 2. The molecule has 9 rings (SSSR count). The second-order valence-corrected chi connectivity index (χ2v) is 12.7. The predicted octanol–water partition coefficient (Wildman–Crippen LogP) is 11.5. The lowest BCUT2D eigenvalue weighted by molar-refractivity contribution is 0.781. The van der Waals surface area contributed by atoms with Gasteiger partial charge in [-0.05, 0) is 97.4 Å². The summed E-state index contributed by atoms with van der Waals surface area (Å²) in [7, 11) is 0. The van der Waals surface area contributed by atoms with Gasteiger partial charge in [-0.15, -0.1) is 0 Å². The van der Waals surface area contributed by atoms with Crippen LogP contribution in [0.5, 0.6) is 0 Å². The van der Waals surface area contributed by atoms with E-state index in [1.807, 2.05) is 30.5 Å². The van der Waals surface area contributed by atoms with Gasteiger partial charge in [-0.1, -0.05) is 140 Å². The van der Waals surface area contributed by atoms with Gasteiger partial charge < -0.3 is 5.32 Å². The molecule has 0 spiro atoms. The van der Waals surface area contributed by atoms with Gasteiger partial charge in [0.05, 0.1) is 17.4 Å². The van der Waals surface area contributed by atoms with Gasteiger partial charge in [0.2, 0.25) is 0 Å². The number of nitrogens with one attached hydrogen (secondary N) is 1. The Morgan fingerprint density at radius 1 is 0.440 bits per heavy atom. The Labute approximate surface area is 292 Å². The molecule has 1 aliphatic rings. The van der Waals surface area contributed by atoms with Crippen molar-refractivity contribution in [2.24, 2.45) is 4.99 Å². The van der Waals surface area contributed by atoms with Crippen LogP contribution in [-0.2, 0) is 0 Å². The molecule has 1 unspecified atom stereocenters. The average Bonchev–Trinajstić information content (AvgIpc) is 3.20. The molecule has 2 heterocycles. The van der Waals surface area contributed by atoms with E-state index < -0.39 is 0 Å².